The monoisotopic (exact) mass is 227 g/mol. The summed E-state index contributed by atoms with van der Waals surface area (Å²) in [4.78, 5) is 15.3. The molecular formula is C12H25N3O. The molecule has 0 aromatic heterocycles. The molecule has 1 N–H and O–H groups in total. The van der Waals surface area contributed by atoms with E-state index in [9.17, 15) is 4.79 Å². The molecule has 1 amide bonds. The second kappa shape index (κ2) is 6.86. The first-order valence-electron chi connectivity index (χ1n) is 6.22. The molecule has 1 rings (SSSR count). The third-order valence-electron chi connectivity index (χ3n) is 3.36. The number of amides is 1. The first-order valence-corrected chi connectivity index (χ1v) is 6.22. The number of carbonyl (C=O) groups excluding carboxylic acids is 1. The van der Waals surface area contributed by atoms with Crippen molar-refractivity contribution in [1.29, 1.82) is 0 Å². The Hall–Kier alpha value is -0.610. The van der Waals surface area contributed by atoms with E-state index >= 15 is 0 Å². The van der Waals surface area contributed by atoms with Gasteiger partial charge in [-0.2, -0.15) is 0 Å². The van der Waals surface area contributed by atoms with Crippen molar-refractivity contribution in [2.24, 2.45) is 0 Å². The smallest absolute Gasteiger partial charge is 0.236 e. The molecule has 0 heterocycles. The number of nitrogens with zero attached hydrogens (tertiary/aromatic N) is 2. The highest BCUT2D eigenvalue weighted by molar-refractivity contribution is 5.77. The summed E-state index contributed by atoms with van der Waals surface area (Å²) in [5.74, 6) is 0.142. The number of likely N-dealkylation sites (N-methyl/N-ethyl adjacent to an activating group) is 2. The first kappa shape index (κ1) is 13.5. The van der Waals surface area contributed by atoms with E-state index in [-0.39, 0.29) is 5.91 Å². The summed E-state index contributed by atoms with van der Waals surface area (Å²) < 4.78 is 0. The van der Waals surface area contributed by atoms with Crippen LogP contribution in [0.25, 0.3) is 0 Å². The maximum atomic E-state index is 11.3. The maximum Gasteiger partial charge on any atom is 0.236 e. The van der Waals surface area contributed by atoms with Gasteiger partial charge in [-0.3, -0.25) is 4.79 Å². The normalized spacial score (nSPS) is 17.0. The summed E-state index contributed by atoms with van der Waals surface area (Å²) in [7, 11) is 5.76. The van der Waals surface area contributed by atoms with Crippen molar-refractivity contribution >= 4 is 5.91 Å². The van der Waals surface area contributed by atoms with E-state index < -0.39 is 0 Å². The lowest BCUT2D eigenvalue weighted by Gasteiger charge is -2.24. The number of carbonyl (C=O) groups is 1. The van der Waals surface area contributed by atoms with Crippen LogP contribution >= 0.6 is 0 Å². The Morgan fingerprint density at radius 1 is 1.25 bits per heavy atom. The van der Waals surface area contributed by atoms with E-state index in [4.69, 9.17) is 0 Å². The van der Waals surface area contributed by atoms with E-state index in [2.05, 4.69) is 17.3 Å². The Bertz CT molecular complexity index is 212. The zero-order valence-electron chi connectivity index (χ0n) is 10.8. The molecule has 94 valence electrons. The molecule has 0 saturated heterocycles. The van der Waals surface area contributed by atoms with Gasteiger partial charge in [-0.1, -0.05) is 12.8 Å². The minimum atomic E-state index is 0.142. The molecule has 1 aliphatic rings. The summed E-state index contributed by atoms with van der Waals surface area (Å²) in [5.41, 5.74) is 0. The highest BCUT2D eigenvalue weighted by Crippen LogP contribution is 2.21. The highest BCUT2D eigenvalue weighted by atomic mass is 16.2. The number of hydrogen-bond donors (Lipinski definition) is 1. The Morgan fingerprint density at radius 2 is 1.88 bits per heavy atom. The molecule has 0 aliphatic heterocycles. The van der Waals surface area contributed by atoms with Crippen molar-refractivity contribution in [2.45, 2.75) is 31.7 Å². The molecule has 0 aromatic rings. The van der Waals surface area contributed by atoms with Crippen molar-refractivity contribution in [3.8, 4) is 0 Å². The van der Waals surface area contributed by atoms with Gasteiger partial charge in [0.2, 0.25) is 5.91 Å². The van der Waals surface area contributed by atoms with Crippen molar-refractivity contribution in [3.05, 3.63) is 0 Å². The van der Waals surface area contributed by atoms with Gasteiger partial charge >= 0.3 is 0 Å². The predicted octanol–water partition coefficient (Wildman–Crippen LogP) is 0.539. The van der Waals surface area contributed by atoms with Crippen LogP contribution in [0, 0.1) is 0 Å². The summed E-state index contributed by atoms with van der Waals surface area (Å²) >= 11 is 0. The van der Waals surface area contributed by atoms with Gasteiger partial charge in [0.25, 0.3) is 0 Å². The quantitative estimate of drug-likeness (QED) is 0.673. The van der Waals surface area contributed by atoms with Gasteiger partial charge in [0, 0.05) is 33.2 Å². The van der Waals surface area contributed by atoms with E-state index in [1.54, 1.807) is 19.0 Å². The average Bonchev–Trinajstić information content (AvgIpc) is 2.76. The van der Waals surface area contributed by atoms with Crippen molar-refractivity contribution in [2.75, 3.05) is 40.8 Å². The minimum Gasteiger partial charge on any atom is -0.348 e. The van der Waals surface area contributed by atoms with Gasteiger partial charge in [0.05, 0.1) is 6.54 Å². The van der Waals surface area contributed by atoms with E-state index in [0.29, 0.717) is 6.54 Å². The lowest BCUT2D eigenvalue weighted by atomic mass is 10.2. The second-order valence-corrected chi connectivity index (χ2v) is 4.88. The molecule has 16 heavy (non-hydrogen) atoms. The summed E-state index contributed by atoms with van der Waals surface area (Å²) in [6, 6.07) is 0.770. The van der Waals surface area contributed by atoms with Gasteiger partial charge < -0.3 is 15.1 Å². The summed E-state index contributed by atoms with van der Waals surface area (Å²) in [6.45, 7) is 2.38. The van der Waals surface area contributed by atoms with E-state index in [0.717, 1.165) is 19.1 Å². The Balaban J connectivity index is 2.04. The lowest BCUT2D eigenvalue weighted by Crippen LogP contribution is -2.39. The standard InChI is InChI=1S/C12H25N3O/c1-14(2)12(16)10-13-8-9-15(3)11-6-4-5-7-11/h11,13H,4-10H2,1-3H3. The molecule has 4 nitrogen and oxygen atoms in total. The molecule has 0 spiro atoms. The van der Waals surface area contributed by atoms with Crippen LogP contribution in [-0.4, -0.2) is 62.5 Å². The molecular weight excluding hydrogens is 202 g/mol. The van der Waals surface area contributed by atoms with Crippen molar-refractivity contribution < 1.29 is 4.79 Å². The zero-order valence-corrected chi connectivity index (χ0v) is 10.8. The largest absolute Gasteiger partial charge is 0.348 e. The predicted molar refractivity (Wildman–Crippen MR) is 66.4 cm³/mol. The third-order valence-corrected chi connectivity index (χ3v) is 3.36. The molecule has 1 fully saturated rings. The number of rotatable bonds is 6. The fourth-order valence-electron chi connectivity index (χ4n) is 2.14. The van der Waals surface area contributed by atoms with Crippen LogP contribution in [0.5, 0.6) is 0 Å². The van der Waals surface area contributed by atoms with E-state index in [1.807, 2.05) is 0 Å². The van der Waals surface area contributed by atoms with Crippen LogP contribution in [0.3, 0.4) is 0 Å². The topological polar surface area (TPSA) is 35.6 Å². The molecule has 0 unspecified atom stereocenters. The Kier molecular flexibility index (Phi) is 5.77. The molecule has 0 atom stereocenters. The van der Waals surface area contributed by atoms with Crippen molar-refractivity contribution in [3.63, 3.8) is 0 Å². The zero-order chi connectivity index (χ0) is 12.0. The highest BCUT2D eigenvalue weighted by Gasteiger charge is 2.18. The van der Waals surface area contributed by atoms with Gasteiger partial charge in [-0.05, 0) is 19.9 Å². The lowest BCUT2D eigenvalue weighted by molar-refractivity contribution is -0.127. The van der Waals surface area contributed by atoms with Gasteiger partial charge in [-0.25, -0.2) is 0 Å². The van der Waals surface area contributed by atoms with Gasteiger partial charge in [-0.15, -0.1) is 0 Å². The summed E-state index contributed by atoms with van der Waals surface area (Å²) in [5, 5.41) is 3.19. The van der Waals surface area contributed by atoms with Crippen LogP contribution in [-0.2, 0) is 4.79 Å². The van der Waals surface area contributed by atoms with Crippen LogP contribution in [0.2, 0.25) is 0 Å². The average molecular weight is 227 g/mol. The summed E-state index contributed by atoms with van der Waals surface area (Å²) in [6.07, 6.45) is 5.43. The Morgan fingerprint density at radius 3 is 2.44 bits per heavy atom. The molecule has 1 aliphatic carbocycles. The van der Waals surface area contributed by atoms with Gasteiger partial charge in [0.15, 0.2) is 0 Å². The Labute approximate surface area is 99.0 Å². The number of hydrogen-bond acceptors (Lipinski definition) is 3. The SMILES string of the molecule is CN(C)C(=O)CNCCN(C)C1CCCC1. The molecule has 0 bridgehead atoms. The molecule has 1 saturated carbocycles. The molecule has 0 radical (unpaired) electrons. The maximum absolute atomic E-state index is 11.3. The molecule has 4 heteroatoms. The second-order valence-electron chi connectivity index (χ2n) is 4.88. The van der Waals surface area contributed by atoms with Crippen LogP contribution < -0.4 is 5.32 Å². The minimum absolute atomic E-state index is 0.142. The van der Waals surface area contributed by atoms with Gasteiger partial charge in [0.1, 0.15) is 0 Å². The van der Waals surface area contributed by atoms with E-state index in [1.165, 1.54) is 25.7 Å². The molecule has 0 aromatic carbocycles. The fraction of sp³-hybridized carbons (Fsp3) is 0.917. The number of nitrogens with one attached hydrogen (secondary N) is 1. The van der Waals surface area contributed by atoms with Crippen molar-refractivity contribution in [1.82, 2.24) is 15.1 Å². The van der Waals surface area contributed by atoms with Crippen LogP contribution in [0.15, 0.2) is 0 Å². The third kappa shape index (κ3) is 4.49. The van der Waals surface area contributed by atoms with Crippen LogP contribution in [0.4, 0.5) is 0 Å². The van der Waals surface area contributed by atoms with Crippen LogP contribution in [0.1, 0.15) is 25.7 Å². The fourth-order valence-corrected chi connectivity index (χ4v) is 2.14. The first-order chi connectivity index (χ1) is 7.61.